The molecular weight excluding hydrogens is 1380 g/mol. The maximum absolute atomic E-state index is 6.41. The molecule has 0 bridgehead atoms. The van der Waals surface area contributed by atoms with Crippen LogP contribution in [0.2, 0.25) is 0 Å². The Morgan fingerprint density at radius 2 is 0.458 bits per heavy atom. The van der Waals surface area contributed by atoms with Crippen molar-refractivity contribution in [3.63, 3.8) is 0 Å². The van der Waals surface area contributed by atoms with Crippen molar-refractivity contribution in [1.29, 1.82) is 0 Å². The van der Waals surface area contributed by atoms with Crippen molar-refractivity contribution in [2.75, 3.05) is 0 Å². The lowest BCUT2D eigenvalue weighted by atomic mass is 9.77. The van der Waals surface area contributed by atoms with Gasteiger partial charge < -0.3 is 9.31 Å². The number of nitrogens with zero attached hydrogens (tertiary/aromatic N) is 6. The van der Waals surface area contributed by atoms with E-state index in [2.05, 4.69) is 318 Å². The van der Waals surface area contributed by atoms with Gasteiger partial charge in [-0.15, -0.1) is 0 Å². The van der Waals surface area contributed by atoms with Crippen LogP contribution in [0.5, 0.6) is 0 Å². The van der Waals surface area contributed by atoms with Gasteiger partial charge in [-0.05, 0) is 279 Å². The van der Waals surface area contributed by atoms with Crippen molar-refractivity contribution >= 4 is 60.4 Å². The van der Waals surface area contributed by atoms with Crippen molar-refractivity contribution in [1.82, 2.24) is 29.9 Å². The second-order valence-electron chi connectivity index (χ2n) is 24.4. The van der Waals surface area contributed by atoms with Crippen LogP contribution in [0.4, 0.5) is 0 Å². The summed E-state index contributed by atoms with van der Waals surface area (Å²) in [7, 11) is -0.426. The number of hydrogen-bond acceptors (Lipinski definition) is 8. The highest BCUT2D eigenvalue weighted by Gasteiger charge is 2.51. The Kier molecular flexibility index (Phi) is 19.8. The number of pyridine rings is 6. The number of hydrogen-bond donors (Lipinski definition) is 0. The van der Waals surface area contributed by atoms with E-state index in [1.54, 1.807) is 37.2 Å². The van der Waals surface area contributed by atoms with Crippen LogP contribution in [0.3, 0.4) is 0 Å². The predicted octanol–water partition coefficient (Wildman–Crippen LogP) is 22.4. The molecule has 6 aromatic heterocycles. The van der Waals surface area contributed by atoms with Gasteiger partial charge in [-0.25, -0.2) is 0 Å². The first kappa shape index (κ1) is 64.8. The van der Waals surface area contributed by atoms with E-state index in [1.165, 1.54) is 0 Å². The summed E-state index contributed by atoms with van der Waals surface area (Å²) in [5.74, 6) is 0. The zero-order valence-corrected chi connectivity index (χ0v) is 58.0. The van der Waals surface area contributed by atoms with Gasteiger partial charge in [0.15, 0.2) is 0 Å². The van der Waals surface area contributed by atoms with Gasteiger partial charge in [-0.2, -0.15) is 0 Å². The maximum Gasteiger partial charge on any atom is 0.494 e. The van der Waals surface area contributed by atoms with Crippen LogP contribution in [0, 0.1) is 0 Å². The fourth-order valence-electron chi connectivity index (χ4n) is 11.6. The minimum Gasteiger partial charge on any atom is -0.399 e. The molecule has 0 N–H and O–H groups in total. The van der Waals surface area contributed by atoms with E-state index < -0.39 is 18.3 Å². The number of benzene rings is 8. The smallest absolute Gasteiger partial charge is 0.399 e. The molecule has 7 heterocycles. The van der Waals surface area contributed by atoms with Gasteiger partial charge in [-0.3, -0.25) is 29.9 Å². The van der Waals surface area contributed by atoms with Crippen LogP contribution < -0.4 is 5.46 Å². The second kappa shape index (κ2) is 29.4. The summed E-state index contributed by atoms with van der Waals surface area (Å²) in [6, 6.07) is 85.9. The van der Waals surface area contributed by atoms with Crippen LogP contribution >= 0.6 is 47.8 Å². The predicted molar refractivity (Wildman–Crippen MR) is 405 cm³/mol. The van der Waals surface area contributed by atoms with Crippen molar-refractivity contribution in [2.24, 2.45) is 0 Å². The highest BCUT2D eigenvalue weighted by Crippen LogP contribution is 2.41. The highest BCUT2D eigenvalue weighted by atomic mass is 79.9. The summed E-state index contributed by atoms with van der Waals surface area (Å²) in [5.41, 5.74) is 25.0. The minimum absolute atomic E-state index is 0.403. The van der Waals surface area contributed by atoms with Gasteiger partial charge in [0, 0.05) is 116 Å². The quantitative estimate of drug-likeness (QED) is 0.112. The Hall–Kier alpha value is -9.92. The number of halogens is 3. The van der Waals surface area contributed by atoms with Gasteiger partial charge in [0.05, 0.1) is 11.2 Å². The molecule has 0 amide bonds. The van der Waals surface area contributed by atoms with Gasteiger partial charge in [0.2, 0.25) is 0 Å². The zero-order chi connectivity index (χ0) is 66.0. The van der Waals surface area contributed by atoms with E-state index in [9.17, 15) is 0 Å². The molecule has 96 heavy (non-hydrogen) atoms. The molecule has 0 radical (unpaired) electrons. The molecule has 8 aromatic carbocycles. The summed E-state index contributed by atoms with van der Waals surface area (Å²) in [6.07, 6.45) is 22.1. The van der Waals surface area contributed by atoms with Crippen LogP contribution in [-0.4, -0.2) is 48.2 Å². The molecular formula is C84H64BBr3N6O2. The normalized spacial score (nSPS) is 12.8. The van der Waals surface area contributed by atoms with Crippen molar-refractivity contribution in [3.05, 3.63) is 330 Å². The molecule has 8 nitrogen and oxygen atoms in total. The molecule has 1 fully saturated rings. The molecule has 15 rings (SSSR count). The van der Waals surface area contributed by atoms with Crippen molar-refractivity contribution in [3.8, 4) is 122 Å². The van der Waals surface area contributed by atoms with Crippen LogP contribution in [0.15, 0.2) is 330 Å². The molecule has 14 aromatic rings. The van der Waals surface area contributed by atoms with E-state index in [0.29, 0.717) is 0 Å². The van der Waals surface area contributed by atoms with Gasteiger partial charge in [0.1, 0.15) is 0 Å². The number of aromatic nitrogens is 6. The lowest BCUT2D eigenvalue weighted by Crippen LogP contribution is -2.41. The van der Waals surface area contributed by atoms with E-state index in [0.717, 1.165) is 141 Å². The summed E-state index contributed by atoms with van der Waals surface area (Å²) < 4.78 is 15.8. The monoisotopic (exact) mass is 1440 g/mol. The summed E-state index contributed by atoms with van der Waals surface area (Å²) in [4.78, 5) is 25.6. The Labute approximate surface area is 586 Å². The van der Waals surface area contributed by atoms with Gasteiger partial charge in [0.25, 0.3) is 0 Å². The lowest BCUT2D eigenvalue weighted by molar-refractivity contribution is 0.00578. The molecule has 1 saturated heterocycles. The Bertz CT molecular complexity index is 4790. The first-order chi connectivity index (χ1) is 46.7. The molecule has 1 aliphatic rings. The van der Waals surface area contributed by atoms with E-state index in [4.69, 9.17) is 9.31 Å². The third kappa shape index (κ3) is 15.6. The van der Waals surface area contributed by atoms with Gasteiger partial charge >= 0.3 is 7.12 Å². The third-order valence-electron chi connectivity index (χ3n) is 17.3. The van der Waals surface area contributed by atoms with E-state index in [1.807, 2.05) is 67.5 Å². The highest BCUT2D eigenvalue weighted by molar-refractivity contribution is 9.11. The second-order valence-corrected chi connectivity index (χ2v) is 27.1. The molecule has 0 atom stereocenters. The Morgan fingerprint density at radius 3 is 0.729 bits per heavy atom. The molecule has 1 aliphatic heterocycles. The molecule has 0 aliphatic carbocycles. The first-order valence-corrected chi connectivity index (χ1v) is 33.9. The average Bonchev–Trinajstić information content (AvgIpc) is 1.53. The van der Waals surface area contributed by atoms with E-state index >= 15 is 0 Å². The molecule has 0 unspecified atom stereocenters. The standard InChI is InChI=1S/C40H35BN2O2.C39H26BrN3.C5H3Br2N/c1-39(2)40(3,4)45-41(44-39)38-17-7-14-32(25-38)37-23-35(30-12-5-10-28(20-30)33-15-8-18-42-26-33)22-36(24-37)31-13-6-11-29(21-31)34-16-9-19-43-27-34;40-39-22-38(25-43-26-39)32-11-3-10-31(18-32)37-20-35(29-8-1-6-27(16-29)33-12-4-14-41-23-33)19-36(21-37)30-9-2-7-28(17-30)34-13-5-15-42-24-34;6-4-1-5(7)3-8-2-4/h5-27H,1-4H3;1-26H;1-3H. The summed E-state index contributed by atoms with van der Waals surface area (Å²) in [5, 5.41) is 0. The van der Waals surface area contributed by atoms with Gasteiger partial charge in [-0.1, -0.05) is 140 Å². The SMILES string of the molecule is Brc1cncc(-c2cccc(-c3cc(-c4cccc(-c5cccnc5)c4)cc(-c4cccc(-c5cccnc5)c4)c3)c2)c1.Brc1cncc(Br)c1.CC1(C)OB(c2cccc(-c3cc(-c4cccc(-c5cccnc5)c4)cc(-c4cccc(-c5cccnc5)c4)c3)c2)OC1(C)C. The minimum atomic E-state index is -0.426. The van der Waals surface area contributed by atoms with Crippen molar-refractivity contribution in [2.45, 2.75) is 38.9 Å². The molecule has 0 spiro atoms. The van der Waals surface area contributed by atoms with Crippen LogP contribution in [0.25, 0.3) is 122 Å². The summed E-state index contributed by atoms with van der Waals surface area (Å²) in [6.45, 7) is 8.36. The van der Waals surface area contributed by atoms with Crippen LogP contribution in [0.1, 0.15) is 27.7 Å². The fraction of sp³-hybridized carbons (Fsp3) is 0.0714. The lowest BCUT2D eigenvalue weighted by Gasteiger charge is -2.32. The number of rotatable bonds is 12. The Morgan fingerprint density at radius 1 is 0.229 bits per heavy atom. The zero-order valence-electron chi connectivity index (χ0n) is 53.2. The van der Waals surface area contributed by atoms with Crippen molar-refractivity contribution < 1.29 is 9.31 Å². The fourth-order valence-corrected chi connectivity index (χ4v) is 13.0. The Balaban J connectivity index is 0.000000155. The first-order valence-electron chi connectivity index (χ1n) is 31.5. The molecule has 0 saturated carbocycles. The maximum atomic E-state index is 6.41. The largest absolute Gasteiger partial charge is 0.494 e. The average molecular weight is 1440 g/mol. The van der Waals surface area contributed by atoms with Crippen LogP contribution in [-0.2, 0) is 9.31 Å². The molecule has 466 valence electrons. The summed E-state index contributed by atoms with van der Waals surface area (Å²) >= 11 is 10.1. The van der Waals surface area contributed by atoms with E-state index in [-0.39, 0.29) is 0 Å². The topological polar surface area (TPSA) is 95.8 Å². The third-order valence-corrected chi connectivity index (χ3v) is 18.6. The molecule has 12 heteroatoms.